The Morgan fingerprint density at radius 3 is 2.70 bits per heavy atom. The lowest BCUT2D eigenvalue weighted by molar-refractivity contribution is -0.146. The molecular formula is C15H20N2O3. The molecule has 1 heterocycles. The van der Waals surface area contributed by atoms with Gasteiger partial charge in [0.1, 0.15) is 6.04 Å². The largest absolute Gasteiger partial charge is 0.468 e. The van der Waals surface area contributed by atoms with Crippen LogP contribution in [0.15, 0.2) is 30.3 Å². The molecule has 20 heavy (non-hydrogen) atoms. The van der Waals surface area contributed by atoms with Gasteiger partial charge in [-0.3, -0.25) is 14.5 Å². The predicted molar refractivity (Wildman–Crippen MR) is 76.5 cm³/mol. The maximum atomic E-state index is 12.3. The second-order valence-corrected chi connectivity index (χ2v) is 4.94. The van der Waals surface area contributed by atoms with Crippen LogP contribution in [0.25, 0.3) is 0 Å². The predicted octanol–water partition coefficient (Wildman–Crippen LogP) is 1.29. The molecule has 1 fully saturated rings. The van der Waals surface area contributed by atoms with E-state index in [0.717, 1.165) is 25.1 Å². The summed E-state index contributed by atoms with van der Waals surface area (Å²) in [5, 5.41) is 0. The maximum absolute atomic E-state index is 12.3. The van der Waals surface area contributed by atoms with Crippen LogP contribution >= 0.6 is 0 Å². The molecule has 1 aromatic carbocycles. The van der Waals surface area contributed by atoms with Gasteiger partial charge in [-0.2, -0.15) is 0 Å². The molecule has 1 unspecified atom stereocenters. The molecule has 0 bridgehead atoms. The van der Waals surface area contributed by atoms with Crippen LogP contribution in [0.4, 0.5) is 5.69 Å². The fourth-order valence-corrected chi connectivity index (χ4v) is 2.49. The van der Waals surface area contributed by atoms with Crippen molar-refractivity contribution in [2.24, 2.45) is 0 Å². The van der Waals surface area contributed by atoms with Crippen LogP contribution in [-0.2, 0) is 14.3 Å². The van der Waals surface area contributed by atoms with Gasteiger partial charge in [-0.25, -0.2) is 0 Å². The van der Waals surface area contributed by atoms with Crippen molar-refractivity contribution in [3.05, 3.63) is 30.3 Å². The molecule has 5 nitrogen and oxygen atoms in total. The summed E-state index contributed by atoms with van der Waals surface area (Å²) < 4.78 is 4.79. The number of esters is 1. The number of hydrogen-bond donors (Lipinski definition) is 0. The summed E-state index contributed by atoms with van der Waals surface area (Å²) >= 11 is 0. The lowest BCUT2D eigenvalue weighted by Crippen LogP contribution is -2.44. The fourth-order valence-electron chi connectivity index (χ4n) is 2.49. The van der Waals surface area contributed by atoms with E-state index in [2.05, 4.69) is 0 Å². The van der Waals surface area contributed by atoms with Gasteiger partial charge in [-0.05, 0) is 31.5 Å². The monoisotopic (exact) mass is 276 g/mol. The smallest absolute Gasteiger partial charge is 0.323 e. The van der Waals surface area contributed by atoms with Crippen LogP contribution in [0.2, 0.25) is 0 Å². The summed E-state index contributed by atoms with van der Waals surface area (Å²) in [6.45, 7) is 0.999. The van der Waals surface area contributed by atoms with Gasteiger partial charge in [-0.1, -0.05) is 18.2 Å². The van der Waals surface area contributed by atoms with Gasteiger partial charge in [0.2, 0.25) is 5.91 Å². The van der Waals surface area contributed by atoms with Crippen molar-refractivity contribution in [1.82, 2.24) is 4.90 Å². The number of likely N-dealkylation sites (tertiary alicyclic amines) is 1. The Hall–Kier alpha value is -1.88. The second kappa shape index (κ2) is 6.52. The highest BCUT2D eigenvalue weighted by molar-refractivity contribution is 5.94. The van der Waals surface area contributed by atoms with Gasteiger partial charge < -0.3 is 9.64 Å². The molecule has 1 aliphatic heterocycles. The summed E-state index contributed by atoms with van der Waals surface area (Å²) in [6.07, 6.45) is 1.68. The van der Waals surface area contributed by atoms with Gasteiger partial charge in [0.05, 0.1) is 13.7 Å². The van der Waals surface area contributed by atoms with Crippen molar-refractivity contribution in [2.75, 3.05) is 32.1 Å². The first-order valence-corrected chi connectivity index (χ1v) is 6.77. The molecule has 1 saturated heterocycles. The molecule has 0 saturated carbocycles. The van der Waals surface area contributed by atoms with E-state index in [1.165, 1.54) is 7.11 Å². The average Bonchev–Trinajstić information content (AvgIpc) is 2.94. The summed E-state index contributed by atoms with van der Waals surface area (Å²) in [5.41, 5.74) is 0.853. The zero-order valence-corrected chi connectivity index (χ0v) is 11.9. The minimum absolute atomic E-state index is 0.0213. The number of likely N-dealkylation sites (N-methyl/N-ethyl adjacent to an activating group) is 1. The number of ether oxygens (including phenoxy) is 1. The second-order valence-electron chi connectivity index (χ2n) is 4.94. The summed E-state index contributed by atoms with van der Waals surface area (Å²) in [6, 6.07) is 9.20. The molecule has 108 valence electrons. The lowest BCUT2D eigenvalue weighted by atomic mass is 10.2. The van der Waals surface area contributed by atoms with Crippen LogP contribution in [0.1, 0.15) is 12.8 Å². The molecule has 0 aliphatic carbocycles. The molecule has 0 radical (unpaired) electrons. The van der Waals surface area contributed by atoms with E-state index in [4.69, 9.17) is 4.74 Å². The summed E-state index contributed by atoms with van der Waals surface area (Å²) in [5.74, 6) is -0.273. The van der Waals surface area contributed by atoms with Crippen LogP contribution < -0.4 is 4.90 Å². The van der Waals surface area contributed by atoms with Crippen molar-refractivity contribution >= 4 is 17.6 Å². The first-order chi connectivity index (χ1) is 9.63. The van der Waals surface area contributed by atoms with Gasteiger partial charge in [0.25, 0.3) is 0 Å². The van der Waals surface area contributed by atoms with E-state index in [1.54, 1.807) is 11.9 Å². The Balaban J connectivity index is 1.99. The highest BCUT2D eigenvalue weighted by Gasteiger charge is 2.33. The number of nitrogens with zero attached hydrogens (tertiary/aromatic N) is 2. The number of rotatable bonds is 4. The number of benzene rings is 1. The molecule has 0 N–H and O–H groups in total. The Morgan fingerprint density at radius 1 is 1.35 bits per heavy atom. The SMILES string of the molecule is COC(=O)C1CCCN1CC(=O)N(C)c1ccccc1. The van der Waals surface area contributed by atoms with Crippen molar-refractivity contribution in [3.8, 4) is 0 Å². The third-order valence-corrected chi connectivity index (χ3v) is 3.69. The molecular weight excluding hydrogens is 256 g/mol. The number of amides is 1. The molecule has 0 aromatic heterocycles. The number of para-hydroxylation sites is 1. The van der Waals surface area contributed by atoms with E-state index in [1.807, 2.05) is 35.2 Å². The zero-order valence-electron chi connectivity index (χ0n) is 11.9. The first-order valence-electron chi connectivity index (χ1n) is 6.77. The third kappa shape index (κ3) is 3.17. The molecule has 0 spiro atoms. The fraction of sp³-hybridized carbons (Fsp3) is 0.467. The van der Waals surface area contributed by atoms with Crippen molar-refractivity contribution in [3.63, 3.8) is 0 Å². The maximum Gasteiger partial charge on any atom is 0.323 e. The Labute approximate surface area is 119 Å². The van der Waals surface area contributed by atoms with Crippen molar-refractivity contribution < 1.29 is 14.3 Å². The van der Waals surface area contributed by atoms with Crippen molar-refractivity contribution in [2.45, 2.75) is 18.9 Å². The molecule has 1 atom stereocenters. The number of anilines is 1. The molecule has 1 amide bonds. The zero-order chi connectivity index (χ0) is 14.5. The number of methoxy groups -OCH3 is 1. The highest BCUT2D eigenvalue weighted by Crippen LogP contribution is 2.19. The number of hydrogen-bond acceptors (Lipinski definition) is 4. The van der Waals surface area contributed by atoms with Gasteiger partial charge >= 0.3 is 5.97 Å². The minimum atomic E-state index is -0.284. The molecule has 2 rings (SSSR count). The van der Waals surface area contributed by atoms with Crippen LogP contribution in [0.5, 0.6) is 0 Å². The first kappa shape index (κ1) is 14.5. The van der Waals surface area contributed by atoms with E-state index in [0.29, 0.717) is 0 Å². The van der Waals surface area contributed by atoms with E-state index >= 15 is 0 Å². The quantitative estimate of drug-likeness (QED) is 0.778. The summed E-state index contributed by atoms with van der Waals surface area (Å²) in [4.78, 5) is 27.5. The Morgan fingerprint density at radius 2 is 2.05 bits per heavy atom. The van der Waals surface area contributed by atoms with Crippen LogP contribution in [0.3, 0.4) is 0 Å². The average molecular weight is 276 g/mol. The van der Waals surface area contributed by atoms with Gasteiger partial charge in [0.15, 0.2) is 0 Å². The van der Waals surface area contributed by atoms with Crippen LogP contribution in [0, 0.1) is 0 Å². The van der Waals surface area contributed by atoms with Gasteiger partial charge in [-0.15, -0.1) is 0 Å². The standard InChI is InChI=1S/C15H20N2O3/c1-16(12-7-4-3-5-8-12)14(18)11-17-10-6-9-13(17)15(19)20-2/h3-5,7-8,13H,6,9-11H2,1-2H3. The molecule has 5 heteroatoms. The Bertz CT molecular complexity index is 475. The van der Waals surface area contributed by atoms with Crippen LogP contribution in [-0.4, -0.2) is 50.1 Å². The van der Waals surface area contributed by atoms with E-state index in [9.17, 15) is 9.59 Å². The topological polar surface area (TPSA) is 49.9 Å². The molecule has 1 aromatic rings. The lowest BCUT2D eigenvalue weighted by Gasteiger charge is -2.25. The molecule has 1 aliphatic rings. The normalized spacial score (nSPS) is 18.8. The highest BCUT2D eigenvalue weighted by atomic mass is 16.5. The van der Waals surface area contributed by atoms with Gasteiger partial charge in [0, 0.05) is 12.7 Å². The van der Waals surface area contributed by atoms with E-state index < -0.39 is 0 Å². The third-order valence-electron chi connectivity index (χ3n) is 3.69. The Kier molecular flexibility index (Phi) is 4.74. The van der Waals surface area contributed by atoms with E-state index in [-0.39, 0.29) is 24.5 Å². The number of carbonyl (C=O) groups excluding carboxylic acids is 2. The number of carbonyl (C=O) groups is 2. The summed E-state index contributed by atoms with van der Waals surface area (Å²) in [7, 11) is 3.14. The van der Waals surface area contributed by atoms with Crippen molar-refractivity contribution in [1.29, 1.82) is 0 Å². The minimum Gasteiger partial charge on any atom is -0.468 e.